The highest BCUT2D eigenvalue weighted by molar-refractivity contribution is 6.01. The molecule has 10 nitrogen and oxygen atoms in total. The third kappa shape index (κ3) is 7.62. The average molecular weight is 430 g/mol. The van der Waals surface area contributed by atoms with Crippen LogP contribution in [0, 0.1) is 11.3 Å². The summed E-state index contributed by atoms with van der Waals surface area (Å²) in [5.41, 5.74) is 2.05. The minimum atomic E-state index is -1.07. The van der Waals surface area contributed by atoms with E-state index in [1.165, 1.54) is 7.11 Å². The van der Waals surface area contributed by atoms with E-state index in [-0.39, 0.29) is 25.5 Å². The fourth-order valence-corrected chi connectivity index (χ4v) is 2.77. The van der Waals surface area contributed by atoms with Gasteiger partial charge >= 0.3 is 12.1 Å². The summed E-state index contributed by atoms with van der Waals surface area (Å²) in [7, 11) is 1.19. The SMILES string of the molecule is CCCCOC(=O)N[C@H](CNC(=O)C[C@H]1CC(c2ccc(C#N)cc2)=NO1)C(=O)OC. The summed E-state index contributed by atoms with van der Waals surface area (Å²) < 4.78 is 9.63. The lowest BCUT2D eigenvalue weighted by Crippen LogP contribution is -2.49. The molecule has 1 aliphatic rings. The number of nitriles is 1. The number of rotatable bonds is 10. The van der Waals surface area contributed by atoms with Gasteiger partial charge in [0.15, 0.2) is 0 Å². The Bertz CT molecular complexity index is 846. The van der Waals surface area contributed by atoms with Crippen molar-refractivity contribution in [3.05, 3.63) is 35.4 Å². The molecule has 1 aromatic carbocycles. The van der Waals surface area contributed by atoms with Crippen molar-refractivity contribution in [3.8, 4) is 6.07 Å². The highest BCUT2D eigenvalue weighted by atomic mass is 16.6. The number of amides is 2. The number of methoxy groups -OCH3 is 1. The van der Waals surface area contributed by atoms with Crippen molar-refractivity contribution in [1.82, 2.24) is 10.6 Å². The van der Waals surface area contributed by atoms with Crippen molar-refractivity contribution >= 4 is 23.7 Å². The molecule has 2 atom stereocenters. The molecule has 1 aromatic rings. The Hall–Kier alpha value is -3.61. The Balaban J connectivity index is 1.79. The van der Waals surface area contributed by atoms with E-state index in [4.69, 9.17) is 14.8 Å². The van der Waals surface area contributed by atoms with Gasteiger partial charge in [-0.15, -0.1) is 0 Å². The lowest BCUT2D eigenvalue weighted by atomic mass is 10.0. The second-order valence-corrected chi connectivity index (χ2v) is 6.88. The lowest BCUT2D eigenvalue weighted by Gasteiger charge is -2.17. The summed E-state index contributed by atoms with van der Waals surface area (Å²) in [6.45, 7) is 2.05. The fourth-order valence-electron chi connectivity index (χ4n) is 2.77. The first-order valence-corrected chi connectivity index (χ1v) is 9.97. The van der Waals surface area contributed by atoms with Gasteiger partial charge in [-0.1, -0.05) is 30.6 Å². The van der Waals surface area contributed by atoms with Crippen LogP contribution in [-0.4, -0.2) is 56.1 Å². The molecule has 0 spiro atoms. The molecule has 0 fully saturated rings. The van der Waals surface area contributed by atoms with Gasteiger partial charge in [-0.2, -0.15) is 5.26 Å². The Morgan fingerprint density at radius 3 is 2.71 bits per heavy atom. The van der Waals surface area contributed by atoms with Crippen molar-refractivity contribution in [2.24, 2.45) is 5.16 Å². The van der Waals surface area contributed by atoms with Gasteiger partial charge < -0.3 is 24.9 Å². The largest absolute Gasteiger partial charge is 0.467 e. The summed E-state index contributed by atoms with van der Waals surface area (Å²) in [5, 5.41) is 17.9. The average Bonchev–Trinajstić information content (AvgIpc) is 3.24. The van der Waals surface area contributed by atoms with Crippen LogP contribution in [0.2, 0.25) is 0 Å². The van der Waals surface area contributed by atoms with Crippen molar-refractivity contribution in [3.63, 3.8) is 0 Å². The number of nitrogens with zero attached hydrogens (tertiary/aromatic N) is 2. The maximum absolute atomic E-state index is 12.3. The van der Waals surface area contributed by atoms with E-state index >= 15 is 0 Å². The molecular formula is C21H26N4O6. The molecule has 10 heteroatoms. The Morgan fingerprint density at radius 1 is 1.32 bits per heavy atom. The highest BCUT2D eigenvalue weighted by Gasteiger charge is 2.27. The van der Waals surface area contributed by atoms with Gasteiger partial charge in [-0.05, 0) is 24.1 Å². The number of carbonyl (C=O) groups excluding carboxylic acids is 3. The summed E-state index contributed by atoms with van der Waals surface area (Å²) in [5.74, 6) is -1.06. The highest BCUT2D eigenvalue weighted by Crippen LogP contribution is 2.19. The van der Waals surface area contributed by atoms with E-state index < -0.39 is 24.2 Å². The summed E-state index contributed by atoms with van der Waals surface area (Å²) in [6.07, 6.45) is 0.830. The second kappa shape index (κ2) is 12.2. The molecule has 0 aromatic heterocycles. The van der Waals surface area contributed by atoms with Crippen molar-refractivity contribution in [2.75, 3.05) is 20.3 Å². The van der Waals surface area contributed by atoms with Crippen LogP contribution >= 0.6 is 0 Å². The maximum atomic E-state index is 12.3. The lowest BCUT2D eigenvalue weighted by molar-refractivity contribution is -0.143. The normalized spacial score (nSPS) is 15.6. The summed E-state index contributed by atoms with van der Waals surface area (Å²) in [4.78, 5) is 41.2. The van der Waals surface area contributed by atoms with Gasteiger partial charge in [-0.3, -0.25) is 4.79 Å². The van der Waals surface area contributed by atoms with Crippen molar-refractivity contribution in [2.45, 2.75) is 44.8 Å². The third-order valence-corrected chi connectivity index (χ3v) is 4.51. The van der Waals surface area contributed by atoms with E-state index in [2.05, 4.69) is 20.5 Å². The second-order valence-electron chi connectivity index (χ2n) is 6.88. The van der Waals surface area contributed by atoms with Gasteiger partial charge in [0.1, 0.15) is 12.1 Å². The first-order valence-electron chi connectivity index (χ1n) is 9.97. The van der Waals surface area contributed by atoms with Crippen molar-refractivity contribution < 1.29 is 28.7 Å². The Kier molecular flexibility index (Phi) is 9.29. The number of carbonyl (C=O) groups is 3. The predicted octanol–water partition coefficient (Wildman–Crippen LogP) is 1.63. The zero-order valence-corrected chi connectivity index (χ0v) is 17.6. The number of ether oxygens (including phenoxy) is 2. The number of oxime groups is 1. The molecule has 0 saturated heterocycles. The first-order chi connectivity index (χ1) is 15.0. The van der Waals surface area contributed by atoms with E-state index in [0.29, 0.717) is 24.1 Å². The molecule has 0 unspecified atom stereocenters. The number of hydrogen-bond donors (Lipinski definition) is 2. The number of alkyl carbamates (subject to hydrolysis) is 1. The van der Waals surface area contributed by atoms with Crippen LogP contribution in [0.3, 0.4) is 0 Å². The van der Waals surface area contributed by atoms with E-state index in [9.17, 15) is 14.4 Å². The minimum absolute atomic E-state index is 0.0259. The zero-order chi connectivity index (χ0) is 22.6. The molecular weight excluding hydrogens is 404 g/mol. The van der Waals surface area contributed by atoms with Crippen molar-refractivity contribution in [1.29, 1.82) is 5.26 Å². The number of esters is 1. The van der Waals surface area contributed by atoms with Crippen LogP contribution in [0.1, 0.15) is 43.7 Å². The molecule has 0 saturated carbocycles. The van der Waals surface area contributed by atoms with Gasteiger partial charge in [0.2, 0.25) is 5.91 Å². The van der Waals surface area contributed by atoms with Crippen LogP contribution in [0.5, 0.6) is 0 Å². The van der Waals surface area contributed by atoms with Crippen LogP contribution in [-0.2, 0) is 23.9 Å². The molecule has 1 aliphatic heterocycles. The molecule has 1 heterocycles. The summed E-state index contributed by atoms with van der Waals surface area (Å²) in [6, 6.07) is 7.89. The fraction of sp³-hybridized carbons (Fsp3) is 0.476. The molecule has 2 N–H and O–H groups in total. The summed E-state index contributed by atoms with van der Waals surface area (Å²) >= 11 is 0. The van der Waals surface area contributed by atoms with Crippen LogP contribution < -0.4 is 10.6 Å². The molecule has 2 rings (SSSR count). The molecule has 166 valence electrons. The topological polar surface area (TPSA) is 139 Å². The van der Waals surface area contributed by atoms with Crippen LogP contribution in [0.25, 0.3) is 0 Å². The molecule has 0 aliphatic carbocycles. The number of nitrogens with one attached hydrogen (secondary N) is 2. The van der Waals surface area contributed by atoms with Crippen LogP contribution in [0.15, 0.2) is 29.4 Å². The number of unbranched alkanes of at least 4 members (excludes halogenated alkanes) is 1. The third-order valence-electron chi connectivity index (χ3n) is 4.51. The molecule has 0 bridgehead atoms. The van der Waals surface area contributed by atoms with Gasteiger partial charge in [-0.25, -0.2) is 9.59 Å². The van der Waals surface area contributed by atoms with E-state index in [1.807, 2.05) is 13.0 Å². The minimum Gasteiger partial charge on any atom is -0.467 e. The Morgan fingerprint density at radius 2 is 2.06 bits per heavy atom. The van der Waals surface area contributed by atoms with Gasteiger partial charge in [0.25, 0.3) is 0 Å². The number of benzene rings is 1. The van der Waals surface area contributed by atoms with Crippen LogP contribution in [0.4, 0.5) is 4.79 Å². The standard InChI is InChI=1S/C21H26N4O6/c1-3-4-9-30-21(28)24-18(20(27)29-2)13-23-19(26)11-16-10-17(25-31-16)15-7-5-14(12-22)6-8-15/h5-8,16,18H,3-4,9-11,13H2,1-2H3,(H,23,26)(H,24,28)/t16-,18-/m1/s1. The molecule has 2 amide bonds. The predicted molar refractivity (Wildman–Crippen MR) is 110 cm³/mol. The zero-order valence-electron chi connectivity index (χ0n) is 17.6. The maximum Gasteiger partial charge on any atom is 0.407 e. The van der Waals surface area contributed by atoms with Gasteiger partial charge in [0, 0.05) is 13.0 Å². The smallest absolute Gasteiger partial charge is 0.407 e. The first kappa shape index (κ1) is 23.7. The van der Waals surface area contributed by atoms with E-state index in [0.717, 1.165) is 12.0 Å². The Labute approximate surface area is 180 Å². The van der Waals surface area contributed by atoms with E-state index in [1.54, 1.807) is 24.3 Å². The molecule has 31 heavy (non-hydrogen) atoms. The molecule has 0 radical (unpaired) electrons. The monoisotopic (exact) mass is 430 g/mol. The number of hydrogen-bond acceptors (Lipinski definition) is 8. The van der Waals surface area contributed by atoms with Gasteiger partial charge in [0.05, 0.1) is 37.5 Å². The quantitative estimate of drug-likeness (QED) is 0.425.